The zero-order valence-corrected chi connectivity index (χ0v) is 20.4. The fourth-order valence-electron chi connectivity index (χ4n) is 6.48. The van der Waals surface area contributed by atoms with Crippen molar-refractivity contribution < 1.29 is 19.4 Å². The largest absolute Gasteiger partial charge is 0.393 e. The molecule has 2 fully saturated rings. The van der Waals surface area contributed by atoms with Crippen LogP contribution in [-0.2, 0) is 4.79 Å². The summed E-state index contributed by atoms with van der Waals surface area (Å²) in [6.07, 6.45) is 14.4. The summed E-state index contributed by atoms with van der Waals surface area (Å²) in [6, 6.07) is 0. The van der Waals surface area contributed by atoms with Crippen LogP contribution in [0.25, 0.3) is 0 Å². The monoisotopic (exact) mass is 446 g/mol. The van der Waals surface area contributed by atoms with Gasteiger partial charge in [0, 0.05) is 24.3 Å². The predicted octanol–water partition coefficient (Wildman–Crippen LogP) is 6.25. The number of carbonyl (C=O) groups is 1. The maximum absolute atomic E-state index is 13.9. The minimum Gasteiger partial charge on any atom is -0.393 e. The number of hydrogen-bond donors (Lipinski definition) is 2. The molecule has 180 valence electrons. The van der Waals surface area contributed by atoms with E-state index >= 15 is 0 Å². The smallest absolute Gasteiger partial charge is 0.193 e. The molecule has 3 nitrogen and oxygen atoms in total. The van der Waals surface area contributed by atoms with Crippen LogP contribution in [0.3, 0.4) is 0 Å². The van der Waals surface area contributed by atoms with Crippen molar-refractivity contribution in [2.24, 2.45) is 23.2 Å². The summed E-state index contributed by atoms with van der Waals surface area (Å²) in [6.45, 7) is 8.89. The third-order valence-electron chi connectivity index (χ3n) is 8.83. The minimum atomic E-state index is -1.57. The Hall–Kier alpha value is -1.26. The fourth-order valence-corrected chi connectivity index (χ4v) is 6.48. The van der Waals surface area contributed by atoms with Gasteiger partial charge in [-0.3, -0.25) is 4.79 Å². The van der Waals surface area contributed by atoms with Crippen molar-refractivity contribution in [2.45, 2.75) is 110 Å². The highest BCUT2D eigenvalue weighted by atomic mass is 19.1. The number of aliphatic hydroxyl groups is 2. The van der Waals surface area contributed by atoms with E-state index in [4.69, 9.17) is 0 Å². The van der Waals surface area contributed by atoms with Crippen LogP contribution in [0.15, 0.2) is 35.5 Å². The first-order valence-electron chi connectivity index (χ1n) is 12.8. The number of allylic oxidation sites excluding steroid dienone is 5. The molecule has 3 rings (SSSR count). The van der Waals surface area contributed by atoms with E-state index in [1.54, 1.807) is 6.08 Å². The molecule has 3 aliphatic rings. The molecule has 0 aromatic rings. The first kappa shape index (κ1) is 25.4. The topological polar surface area (TPSA) is 57.5 Å². The summed E-state index contributed by atoms with van der Waals surface area (Å²) in [4.78, 5) is 12.2. The number of halogens is 1. The lowest BCUT2D eigenvalue weighted by molar-refractivity contribution is -0.123. The van der Waals surface area contributed by atoms with Gasteiger partial charge in [0.25, 0.3) is 0 Å². The van der Waals surface area contributed by atoms with Gasteiger partial charge in [0.05, 0.1) is 11.7 Å². The Morgan fingerprint density at radius 3 is 2.69 bits per heavy atom. The van der Waals surface area contributed by atoms with Crippen LogP contribution < -0.4 is 0 Å². The molecule has 0 radical (unpaired) electrons. The number of aliphatic hydroxyl groups excluding tert-OH is 1. The van der Waals surface area contributed by atoms with Crippen molar-refractivity contribution in [3.05, 3.63) is 35.5 Å². The number of alkyl halides is 1. The Morgan fingerprint density at radius 1 is 1.28 bits per heavy atom. The molecule has 6 atom stereocenters. The summed E-state index contributed by atoms with van der Waals surface area (Å²) in [7, 11) is 0. The molecule has 3 aliphatic carbocycles. The van der Waals surface area contributed by atoms with Crippen LogP contribution in [-0.4, -0.2) is 33.9 Å². The van der Waals surface area contributed by atoms with E-state index in [2.05, 4.69) is 39.8 Å². The second kappa shape index (κ2) is 10.3. The van der Waals surface area contributed by atoms with Gasteiger partial charge in [-0.1, -0.05) is 70.4 Å². The molecule has 32 heavy (non-hydrogen) atoms. The van der Waals surface area contributed by atoms with Gasteiger partial charge >= 0.3 is 0 Å². The summed E-state index contributed by atoms with van der Waals surface area (Å²) < 4.78 is 13.9. The average molecular weight is 447 g/mol. The highest BCUT2D eigenvalue weighted by Gasteiger charge is 2.47. The van der Waals surface area contributed by atoms with Crippen LogP contribution >= 0.6 is 0 Å². The van der Waals surface area contributed by atoms with Crippen molar-refractivity contribution in [1.82, 2.24) is 0 Å². The summed E-state index contributed by atoms with van der Waals surface area (Å²) >= 11 is 0. The maximum atomic E-state index is 13.9. The highest BCUT2D eigenvalue weighted by molar-refractivity contribution is 5.99. The zero-order chi connectivity index (χ0) is 23.5. The van der Waals surface area contributed by atoms with E-state index in [1.165, 1.54) is 12.0 Å². The van der Waals surface area contributed by atoms with Crippen molar-refractivity contribution in [2.75, 3.05) is 0 Å². The number of carbonyl (C=O) groups excluding carboxylic acids is 1. The van der Waals surface area contributed by atoms with Gasteiger partial charge in [-0.15, -0.1) is 0 Å². The van der Waals surface area contributed by atoms with Crippen LogP contribution in [0.4, 0.5) is 4.39 Å². The molecule has 6 unspecified atom stereocenters. The summed E-state index contributed by atoms with van der Waals surface area (Å²) in [5.41, 5.74) is 1.40. The first-order valence-corrected chi connectivity index (χ1v) is 12.8. The molecular formula is C28H43FO3. The molecule has 0 aromatic heterocycles. The van der Waals surface area contributed by atoms with Gasteiger partial charge in [-0.25, -0.2) is 4.39 Å². The molecule has 0 heterocycles. The fraction of sp³-hybridized carbons (Fsp3) is 0.750. The molecule has 0 aliphatic heterocycles. The number of rotatable bonds is 8. The van der Waals surface area contributed by atoms with Crippen molar-refractivity contribution in [1.29, 1.82) is 0 Å². The molecule has 0 aromatic carbocycles. The Labute approximate surface area is 193 Å². The third-order valence-corrected chi connectivity index (χ3v) is 8.83. The standard InChI is InChI=1S/C28H43FO3/c1-5-28(32,6-2)16-7-9-19(3)23-13-14-24-20(10-8-15-27(23,24)4)11-12-21-17-22(30)18-25(29)26(21)31/h11-14,19,22-25,30,32H,5-10,15-18H2,1-4H3/b20-11+,21-12-. The lowest BCUT2D eigenvalue weighted by Gasteiger charge is -2.44. The van der Waals surface area contributed by atoms with Crippen molar-refractivity contribution >= 4 is 5.78 Å². The van der Waals surface area contributed by atoms with Gasteiger partial charge in [-0.05, 0) is 55.8 Å². The van der Waals surface area contributed by atoms with Gasteiger partial charge < -0.3 is 10.2 Å². The van der Waals surface area contributed by atoms with Gasteiger partial charge in [0.2, 0.25) is 0 Å². The second-order valence-electron chi connectivity index (χ2n) is 10.9. The van der Waals surface area contributed by atoms with Crippen LogP contribution in [0.1, 0.15) is 91.9 Å². The Bertz CT molecular complexity index is 763. The van der Waals surface area contributed by atoms with Crippen LogP contribution in [0, 0.1) is 23.2 Å². The minimum absolute atomic E-state index is 0.0797. The number of hydrogen-bond acceptors (Lipinski definition) is 3. The Balaban J connectivity index is 1.68. The number of Topliss-reactive ketones (excluding diaryl/α,β-unsaturated/α-hetero) is 1. The van der Waals surface area contributed by atoms with E-state index in [0.29, 0.717) is 23.3 Å². The molecule has 4 heteroatoms. The zero-order valence-electron chi connectivity index (χ0n) is 20.4. The Kier molecular flexibility index (Phi) is 8.20. The van der Waals surface area contributed by atoms with Gasteiger partial charge in [-0.2, -0.15) is 0 Å². The predicted molar refractivity (Wildman–Crippen MR) is 128 cm³/mol. The lowest BCUT2D eigenvalue weighted by atomic mass is 9.60. The van der Waals surface area contributed by atoms with E-state index in [9.17, 15) is 19.4 Å². The normalized spacial score (nSPS) is 36.7. The van der Waals surface area contributed by atoms with E-state index in [-0.39, 0.29) is 18.3 Å². The van der Waals surface area contributed by atoms with E-state index in [0.717, 1.165) is 44.9 Å². The van der Waals surface area contributed by atoms with Crippen molar-refractivity contribution in [3.63, 3.8) is 0 Å². The lowest BCUT2D eigenvalue weighted by Crippen LogP contribution is -2.37. The average Bonchev–Trinajstić information content (AvgIpc) is 3.12. The van der Waals surface area contributed by atoms with Crippen LogP contribution in [0.5, 0.6) is 0 Å². The quantitative estimate of drug-likeness (QED) is 0.342. The van der Waals surface area contributed by atoms with E-state index in [1.807, 2.05) is 6.08 Å². The molecule has 2 saturated carbocycles. The summed E-state index contributed by atoms with van der Waals surface area (Å²) in [5.74, 6) is 0.958. The van der Waals surface area contributed by atoms with E-state index < -0.39 is 23.7 Å². The number of fused-ring (bicyclic) bond motifs is 1. The summed E-state index contributed by atoms with van der Waals surface area (Å²) in [5, 5.41) is 20.5. The number of ketones is 1. The highest BCUT2D eigenvalue weighted by Crippen LogP contribution is 2.56. The first-order chi connectivity index (χ1) is 15.1. The Morgan fingerprint density at radius 2 is 2.00 bits per heavy atom. The second-order valence-corrected chi connectivity index (χ2v) is 10.9. The third kappa shape index (κ3) is 5.28. The molecular weight excluding hydrogens is 403 g/mol. The molecule has 2 N–H and O–H groups in total. The van der Waals surface area contributed by atoms with Crippen molar-refractivity contribution in [3.8, 4) is 0 Å². The molecule has 0 saturated heterocycles. The molecule has 0 bridgehead atoms. The molecule has 0 amide bonds. The van der Waals surface area contributed by atoms with Crippen LogP contribution in [0.2, 0.25) is 0 Å². The van der Waals surface area contributed by atoms with Gasteiger partial charge in [0.15, 0.2) is 12.0 Å². The molecule has 0 spiro atoms. The maximum Gasteiger partial charge on any atom is 0.193 e. The van der Waals surface area contributed by atoms with Gasteiger partial charge in [0.1, 0.15) is 0 Å². The SMILES string of the molecule is CCC(O)(CC)CCCC(C)C1C=CC2/C(=C/C=C3/CC(O)CC(F)C3=O)CCCC21C.